The SMILES string of the molecule is O=S1(=O)CCC(C(O)c2cc(Br)c3c(c2)OCCCO3)C1. The summed E-state index contributed by atoms with van der Waals surface area (Å²) in [6, 6.07) is 3.53. The third-order valence-corrected chi connectivity index (χ3v) is 6.26. The number of rotatable bonds is 2. The van der Waals surface area contributed by atoms with E-state index in [1.54, 1.807) is 12.1 Å². The van der Waals surface area contributed by atoms with E-state index in [-0.39, 0.29) is 17.4 Å². The van der Waals surface area contributed by atoms with Crippen molar-refractivity contribution in [1.29, 1.82) is 0 Å². The van der Waals surface area contributed by atoms with Crippen LogP contribution in [-0.4, -0.2) is 38.2 Å². The second-order valence-electron chi connectivity index (χ2n) is 5.49. The summed E-state index contributed by atoms with van der Waals surface area (Å²) < 4.78 is 35.1. The molecule has 1 aromatic rings. The van der Waals surface area contributed by atoms with Gasteiger partial charge in [0.1, 0.15) is 0 Å². The first-order chi connectivity index (χ1) is 9.96. The highest BCUT2D eigenvalue weighted by Gasteiger charge is 2.34. The van der Waals surface area contributed by atoms with Crippen LogP contribution in [-0.2, 0) is 9.84 Å². The van der Waals surface area contributed by atoms with E-state index in [0.29, 0.717) is 36.7 Å². The van der Waals surface area contributed by atoms with Crippen molar-refractivity contribution in [3.05, 3.63) is 22.2 Å². The number of aliphatic hydroxyl groups is 1. The minimum atomic E-state index is -3.01. The van der Waals surface area contributed by atoms with Crippen LogP contribution >= 0.6 is 15.9 Å². The Balaban J connectivity index is 1.89. The van der Waals surface area contributed by atoms with E-state index in [9.17, 15) is 13.5 Å². The van der Waals surface area contributed by atoms with Gasteiger partial charge in [-0.2, -0.15) is 0 Å². The Bertz CT molecular complexity index is 643. The largest absolute Gasteiger partial charge is 0.490 e. The fourth-order valence-electron chi connectivity index (χ4n) is 2.77. The molecule has 116 valence electrons. The standard InChI is InChI=1S/C14H17BrO5S/c15-11-6-10(7-12-14(11)20-4-1-3-19-12)13(16)9-2-5-21(17,18)8-9/h6-7,9,13,16H,1-5,8H2. The summed E-state index contributed by atoms with van der Waals surface area (Å²) in [5.41, 5.74) is 0.660. The Labute approximate surface area is 132 Å². The van der Waals surface area contributed by atoms with Crippen molar-refractivity contribution >= 4 is 25.8 Å². The van der Waals surface area contributed by atoms with Gasteiger partial charge in [-0.3, -0.25) is 0 Å². The molecule has 5 nitrogen and oxygen atoms in total. The van der Waals surface area contributed by atoms with E-state index < -0.39 is 15.9 Å². The van der Waals surface area contributed by atoms with Crippen LogP contribution in [0.2, 0.25) is 0 Å². The van der Waals surface area contributed by atoms with Gasteiger partial charge in [-0.15, -0.1) is 0 Å². The molecule has 1 aromatic carbocycles. The Hall–Kier alpha value is -0.790. The zero-order chi connectivity index (χ0) is 15.0. The van der Waals surface area contributed by atoms with Crippen LogP contribution in [0.5, 0.6) is 11.5 Å². The summed E-state index contributed by atoms with van der Waals surface area (Å²) in [6.07, 6.45) is 0.492. The van der Waals surface area contributed by atoms with Gasteiger partial charge in [-0.25, -0.2) is 8.42 Å². The van der Waals surface area contributed by atoms with E-state index in [1.807, 2.05) is 0 Å². The minimum Gasteiger partial charge on any atom is -0.490 e. The van der Waals surface area contributed by atoms with Gasteiger partial charge in [0.2, 0.25) is 0 Å². The first kappa shape index (κ1) is 15.1. The van der Waals surface area contributed by atoms with Gasteiger partial charge in [-0.05, 0) is 40.0 Å². The maximum absolute atomic E-state index is 11.6. The zero-order valence-corrected chi connectivity index (χ0v) is 13.8. The maximum atomic E-state index is 11.6. The normalized spacial score (nSPS) is 25.3. The lowest BCUT2D eigenvalue weighted by Gasteiger charge is -2.19. The average molecular weight is 377 g/mol. The van der Waals surface area contributed by atoms with Crippen molar-refractivity contribution in [2.45, 2.75) is 18.9 Å². The molecule has 0 spiro atoms. The molecule has 0 amide bonds. The molecule has 0 aliphatic carbocycles. The fraction of sp³-hybridized carbons (Fsp3) is 0.571. The lowest BCUT2D eigenvalue weighted by Crippen LogP contribution is -2.14. The molecule has 1 saturated heterocycles. The molecule has 0 aromatic heterocycles. The van der Waals surface area contributed by atoms with Gasteiger partial charge >= 0.3 is 0 Å². The summed E-state index contributed by atoms with van der Waals surface area (Å²) in [4.78, 5) is 0. The molecule has 2 heterocycles. The minimum absolute atomic E-state index is 0.0419. The number of fused-ring (bicyclic) bond motifs is 1. The Morgan fingerprint density at radius 2 is 2.05 bits per heavy atom. The molecule has 2 unspecified atom stereocenters. The summed E-state index contributed by atoms with van der Waals surface area (Å²) >= 11 is 3.43. The van der Waals surface area contributed by atoms with Gasteiger partial charge in [0.15, 0.2) is 21.3 Å². The molecule has 21 heavy (non-hydrogen) atoms. The molecule has 1 N–H and O–H groups in total. The maximum Gasteiger partial charge on any atom is 0.175 e. The number of hydrogen-bond donors (Lipinski definition) is 1. The molecule has 0 saturated carbocycles. The number of aliphatic hydroxyl groups excluding tert-OH is 1. The summed E-state index contributed by atoms with van der Waals surface area (Å²) in [5.74, 6) is 1.17. The summed E-state index contributed by atoms with van der Waals surface area (Å²) in [6.45, 7) is 1.16. The third-order valence-electron chi connectivity index (χ3n) is 3.88. The lowest BCUT2D eigenvalue weighted by atomic mass is 9.95. The Morgan fingerprint density at radius 3 is 2.76 bits per heavy atom. The van der Waals surface area contributed by atoms with Crippen molar-refractivity contribution in [2.24, 2.45) is 5.92 Å². The van der Waals surface area contributed by atoms with Gasteiger partial charge in [0.05, 0.1) is 35.3 Å². The van der Waals surface area contributed by atoms with Crippen molar-refractivity contribution < 1.29 is 23.0 Å². The zero-order valence-electron chi connectivity index (χ0n) is 11.4. The third kappa shape index (κ3) is 3.19. The number of halogens is 1. The first-order valence-electron chi connectivity index (χ1n) is 6.94. The van der Waals surface area contributed by atoms with E-state index in [2.05, 4.69) is 15.9 Å². The van der Waals surface area contributed by atoms with Crippen molar-refractivity contribution in [3.63, 3.8) is 0 Å². The smallest absolute Gasteiger partial charge is 0.175 e. The van der Waals surface area contributed by atoms with Crippen LogP contribution in [0.1, 0.15) is 24.5 Å². The van der Waals surface area contributed by atoms with Crippen molar-refractivity contribution in [1.82, 2.24) is 0 Å². The van der Waals surface area contributed by atoms with Gasteiger partial charge < -0.3 is 14.6 Å². The van der Waals surface area contributed by atoms with Crippen LogP contribution in [0.25, 0.3) is 0 Å². The van der Waals surface area contributed by atoms with E-state index in [4.69, 9.17) is 9.47 Å². The van der Waals surface area contributed by atoms with Gasteiger partial charge in [0, 0.05) is 12.3 Å². The van der Waals surface area contributed by atoms with Crippen LogP contribution in [0.3, 0.4) is 0 Å². The molecule has 2 aliphatic heterocycles. The molecule has 0 bridgehead atoms. The summed E-state index contributed by atoms with van der Waals surface area (Å²) in [7, 11) is -3.01. The molecule has 7 heteroatoms. The molecule has 2 atom stereocenters. The number of sulfone groups is 1. The molecule has 3 rings (SSSR count). The molecular formula is C14H17BrO5S. The van der Waals surface area contributed by atoms with Gasteiger partial charge in [0.25, 0.3) is 0 Å². The number of benzene rings is 1. The van der Waals surface area contributed by atoms with Crippen LogP contribution in [0, 0.1) is 5.92 Å². The Kier molecular flexibility index (Phi) is 4.16. The monoisotopic (exact) mass is 376 g/mol. The van der Waals surface area contributed by atoms with Crippen molar-refractivity contribution in [2.75, 3.05) is 24.7 Å². The quantitative estimate of drug-likeness (QED) is 0.855. The second-order valence-corrected chi connectivity index (χ2v) is 8.57. The van der Waals surface area contributed by atoms with E-state index >= 15 is 0 Å². The van der Waals surface area contributed by atoms with Crippen LogP contribution in [0.15, 0.2) is 16.6 Å². The predicted octanol–water partition coefficient (Wildman–Crippen LogP) is 2.08. The Morgan fingerprint density at radius 1 is 1.29 bits per heavy atom. The molecule has 0 radical (unpaired) electrons. The first-order valence-corrected chi connectivity index (χ1v) is 9.55. The lowest BCUT2D eigenvalue weighted by molar-refractivity contribution is 0.120. The highest BCUT2D eigenvalue weighted by molar-refractivity contribution is 9.10. The van der Waals surface area contributed by atoms with E-state index in [0.717, 1.165) is 10.9 Å². The molecular weight excluding hydrogens is 360 g/mol. The average Bonchev–Trinajstić information content (AvgIpc) is 2.65. The van der Waals surface area contributed by atoms with Crippen molar-refractivity contribution in [3.8, 4) is 11.5 Å². The van der Waals surface area contributed by atoms with E-state index in [1.165, 1.54) is 0 Å². The fourth-order valence-corrected chi connectivity index (χ4v) is 5.17. The topological polar surface area (TPSA) is 72.8 Å². The van der Waals surface area contributed by atoms with Crippen LogP contribution < -0.4 is 9.47 Å². The summed E-state index contributed by atoms with van der Waals surface area (Å²) in [5, 5.41) is 10.5. The molecule has 2 aliphatic rings. The second kappa shape index (κ2) is 5.78. The number of ether oxygens (including phenoxy) is 2. The van der Waals surface area contributed by atoms with Crippen LogP contribution in [0.4, 0.5) is 0 Å². The predicted molar refractivity (Wildman–Crippen MR) is 81.5 cm³/mol. The highest BCUT2D eigenvalue weighted by atomic mass is 79.9. The molecule has 1 fully saturated rings. The highest BCUT2D eigenvalue weighted by Crippen LogP contribution is 2.41. The number of hydrogen-bond acceptors (Lipinski definition) is 5. The van der Waals surface area contributed by atoms with Gasteiger partial charge in [-0.1, -0.05) is 0 Å².